The maximum atomic E-state index is 12.8. The van der Waals surface area contributed by atoms with Crippen molar-refractivity contribution in [2.24, 2.45) is 0 Å². The number of likely N-dealkylation sites (tertiary alicyclic amines) is 1. The molecule has 0 radical (unpaired) electrons. The Morgan fingerprint density at radius 2 is 1.79 bits per heavy atom. The van der Waals surface area contributed by atoms with Crippen molar-refractivity contribution >= 4 is 16.9 Å². The molecule has 2 heterocycles. The molecular formula is C22H24N2O4. The molecule has 6 nitrogen and oxygen atoms in total. The van der Waals surface area contributed by atoms with E-state index in [0.717, 1.165) is 36.9 Å². The van der Waals surface area contributed by atoms with Crippen molar-refractivity contribution in [3.05, 3.63) is 47.5 Å². The SMILES string of the molecule is CNC(=O)c1c(-c2ccc(O)cc2)oc2cc(O)cc(CN3CCCCC3)c12. The molecule has 6 heteroatoms. The number of benzene rings is 2. The molecular weight excluding hydrogens is 356 g/mol. The Hall–Kier alpha value is -2.99. The fraction of sp³-hybridized carbons (Fsp3) is 0.318. The molecule has 2 aromatic carbocycles. The number of phenols is 2. The molecule has 4 rings (SSSR count). The van der Waals surface area contributed by atoms with Crippen molar-refractivity contribution in [3.63, 3.8) is 0 Å². The Labute approximate surface area is 163 Å². The first kappa shape index (κ1) is 18.4. The molecule has 1 aliphatic heterocycles. The summed E-state index contributed by atoms with van der Waals surface area (Å²) in [4.78, 5) is 15.1. The van der Waals surface area contributed by atoms with Gasteiger partial charge >= 0.3 is 0 Å². The number of nitrogens with one attached hydrogen (secondary N) is 1. The molecule has 0 aliphatic carbocycles. The second-order valence-corrected chi connectivity index (χ2v) is 7.25. The van der Waals surface area contributed by atoms with E-state index < -0.39 is 0 Å². The molecule has 0 unspecified atom stereocenters. The third-order valence-corrected chi connectivity index (χ3v) is 5.28. The maximum absolute atomic E-state index is 12.8. The molecule has 0 saturated carbocycles. The Kier molecular flexibility index (Phi) is 4.96. The second-order valence-electron chi connectivity index (χ2n) is 7.25. The van der Waals surface area contributed by atoms with Gasteiger partial charge in [0.05, 0.1) is 5.56 Å². The summed E-state index contributed by atoms with van der Waals surface area (Å²) in [5.41, 5.74) is 2.50. The molecule has 1 amide bonds. The Balaban J connectivity index is 1.89. The molecule has 1 fully saturated rings. The lowest BCUT2D eigenvalue weighted by Gasteiger charge is -2.26. The molecule has 3 N–H and O–H groups in total. The van der Waals surface area contributed by atoms with Crippen molar-refractivity contribution in [2.45, 2.75) is 25.8 Å². The van der Waals surface area contributed by atoms with Gasteiger partial charge in [0.2, 0.25) is 0 Å². The van der Waals surface area contributed by atoms with Crippen LogP contribution in [0.25, 0.3) is 22.3 Å². The van der Waals surface area contributed by atoms with Gasteiger partial charge in [-0.05, 0) is 61.8 Å². The molecule has 28 heavy (non-hydrogen) atoms. The van der Waals surface area contributed by atoms with Crippen LogP contribution < -0.4 is 5.32 Å². The van der Waals surface area contributed by atoms with Crippen LogP contribution >= 0.6 is 0 Å². The van der Waals surface area contributed by atoms with Crippen LogP contribution in [0.2, 0.25) is 0 Å². The third kappa shape index (κ3) is 3.43. The van der Waals surface area contributed by atoms with Gasteiger partial charge in [-0.1, -0.05) is 6.42 Å². The van der Waals surface area contributed by atoms with Gasteiger partial charge in [-0.3, -0.25) is 9.69 Å². The number of aromatic hydroxyl groups is 2. The number of phenolic OH excluding ortho intramolecular Hbond substituents is 2. The second kappa shape index (κ2) is 7.56. The summed E-state index contributed by atoms with van der Waals surface area (Å²) in [5.74, 6) is 0.450. The minimum Gasteiger partial charge on any atom is -0.508 e. The summed E-state index contributed by atoms with van der Waals surface area (Å²) in [6.45, 7) is 2.67. The van der Waals surface area contributed by atoms with Crippen LogP contribution in [-0.4, -0.2) is 41.2 Å². The smallest absolute Gasteiger partial charge is 0.255 e. The molecule has 0 bridgehead atoms. The lowest BCUT2D eigenvalue weighted by molar-refractivity contribution is 0.0964. The van der Waals surface area contributed by atoms with E-state index in [1.54, 1.807) is 43.4 Å². The van der Waals surface area contributed by atoms with Gasteiger partial charge in [-0.15, -0.1) is 0 Å². The van der Waals surface area contributed by atoms with E-state index in [1.807, 2.05) is 0 Å². The highest BCUT2D eigenvalue weighted by Gasteiger charge is 2.25. The molecule has 3 aromatic rings. The lowest BCUT2D eigenvalue weighted by atomic mass is 9.99. The Morgan fingerprint density at radius 1 is 1.07 bits per heavy atom. The van der Waals surface area contributed by atoms with Gasteiger partial charge in [0.15, 0.2) is 0 Å². The van der Waals surface area contributed by atoms with Crippen LogP contribution in [0.15, 0.2) is 40.8 Å². The van der Waals surface area contributed by atoms with E-state index in [-0.39, 0.29) is 17.4 Å². The van der Waals surface area contributed by atoms with E-state index in [4.69, 9.17) is 4.42 Å². The summed E-state index contributed by atoms with van der Waals surface area (Å²) in [6, 6.07) is 9.81. The predicted octanol–water partition coefficient (Wildman–Crippen LogP) is 3.86. The maximum Gasteiger partial charge on any atom is 0.255 e. The standard InChI is InChI=1S/C22H24N2O4/c1-23-22(27)20-19-15(13-24-9-3-2-4-10-24)11-17(26)12-18(19)28-21(20)14-5-7-16(25)8-6-14/h5-8,11-12,25-26H,2-4,9-10,13H2,1H3,(H,23,27). The largest absolute Gasteiger partial charge is 0.508 e. The van der Waals surface area contributed by atoms with Crippen LogP contribution in [0, 0.1) is 0 Å². The van der Waals surface area contributed by atoms with Crippen LogP contribution in [0.5, 0.6) is 11.5 Å². The minimum absolute atomic E-state index is 0.119. The van der Waals surface area contributed by atoms with Crippen LogP contribution in [0.3, 0.4) is 0 Å². The van der Waals surface area contributed by atoms with Gasteiger partial charge in [0.1, 0.15) is 22.8 Å². The minimum atomic E-state index is -0.243. The Bertz CT molecular complexity index is 1000. The lowest BCUT2D eigenvalue weighted by Crippen LogP contribution is -2.29. The van der Waals surface area contributed by atoms with E-state index in [1.165, 1.54) is 6.42 Å². The number of hydrogen-bond donors (Lipinski definition) is 3. The van der Waals surface area contributed by atoms with E-state index in [9.17, 15) is 15.0 Å². The van der Waals surface area contributed by atoms with E-state index in [0.29, 0.717) is 29.0 Å². The summed E-state index contributed by atoms with van der Waals surface area (Å²) in [6.07, 6.45) is 3.56. The van der Waals surface area contributed by atoms with Crippen molar-refractivity contribution in [2.75, 3.05) is 20.1 Å². The summed E-state index contributed by atoms with van der Waals surface area (Å²) in [7, 11) is 1.59. The van der Waals surface area contributed by atoms with Crippen molar-refractivity contribution in [1.82, 2.24) is 10.2 Å². The van der Waals surface area contributed by atoms with Crippen LogP contribution in [-0.2, 0) is 6.54 Å². The molecule has 146 valence electrons. The number of nitrogens with zero attached hydrogens (tertiary/aromatic N) is 1. The average Bonchev–Trinajstić information content (AvgIpc) is 3.08. The highest BCUT2D eigenvalue weighted by atomic mass is 16.3. The quantitative estimate of drug-likeness (QED) is 0.640. The predicted molar refractivity (Wildman–Crippen MR) is 107 cm³/mol. The van der Waals surface area contributed by atoms with Crippen molar-refractivity contribution in [3.8, 4) is 22.8 Å². The number of piperidine rings is 1. The summed E-state index contributed by atoms with van der Waals surface area (Å²) in [5, 5.41) is 23.2. The van der Waals surface area contributed by atoms with Gasteiger partial charge < -0.3 is 19.9 Å². The molecule has 0 spiro atoms. The molecule has 1 aromatic heterocycles. The van der Waals surface area contributed by atoms with Crippen LogP contribution in [0.4, 0.5) is 0 Å². The highest BCUT2D eigenvalue weighted by Crippen LogP contribution is 2.38. The summed E-state index contributed by atoms with van der Waals surface area (Å²) >= 11 is 0. The van der Waals surface area contributed by atoms with Crippen molar-refractivity contribution < 1.29 is 19.4 Å². The van der Waals surface area contributed by atoms with Gasteiger partial charge in [0, 0.05) is 30.6 Å². The number of rotatable bonds is 4. The topological polar surface area (TPSA) is 85.9 Å². The van der Waals surface area contributed by atoms with E-state index in [2.05, 4.69) is 10.2 Å². The number of carbonyl (C=O) groups excluding carboxylic acids is 1. The number of furan rings is 1. The zero-order chi connectivity index (χ0) is 19.7. The fourth-order valence-electron chi connectivity index (χ4n) is 3.94. The number of hydrogen-bond acceptors (Lipinski definition) is 5. The monoisotopic (exact) mass is 380 g/mol. The zero-order valence-electron chi connectivity index (χ0n) is 15.9. The first-order chi connectivity index (χ1) is 13.6. The van der Waals surface area contributed by atoms with Crippen molar-refractivity contribution in [1.29, 1.82) is 0 Å². The fourth-order valence-corrected chi connectivity index (χ4v) is 3.94. The van der Waals surface area contributed by atoms with Gasteiger partial charge in [0.25, 0.3) is 5.91 Å². The Morgan fingerprint density at radius 3 is 2.46 bits per heavy atom. The number of amides is 1. The zero-order valence-corrected chi connectivity index (χ0v) is 15.9. The number of carbonyl (C=O) groups is 1. The number of fused-ring (bicyclic) bond motifs is 1. The molecule has 1 saturated heterocycles. The van der Waals surface area contributed by atoms with E-state index >= 15 is 0 Å². The highest BCUT2D eigenvalue weighted by molar-refractivity contribution is 6.12. The molecule has 0 atom stereocenters. The first-order valence-corrected chi connectivity index (χ1v) is 9.59. The average molecular weight is 380 g/mol. The normalized spacial score (nSPS) is 15.0. The third-order valence-electron chi connectivity index (χ3n) is 5.28. The van der Waals surface area contributed by atoms with Crippen LogP contribution in [0.1, 0.15) is 35.2 Å². The van der Waals surface area contributed by atoms with Gasteiger partial charge in [-0.25, -0.2) is 0 Å². The van der Waals surface area contributed by atoms with Gasteiger partial charge in [-0.2, -0.15) is 0 Å². The molecule has 1 aliphatic rings. The summed E-state index contributed by atoms with van der Waals surface area (Å²) < 4.78 is 6.04. The first-order valence-electron chi connectivity index (χ1n) is 9.59.